The van der Waals surface area contributed by atoms with Crippen LogP contribution in [0.25, 0.3) is 0 Å². The van der Waals surface area contributed by atoms with Gasteiger partial charge in [0.05, 0.1) is 13.1 Å². The van der Waals surface area contributed by atoms with E-state index in [9.17, 15) is 4.79 Å². The number of piperidine rings is 1. The second-order valence-electron chi connectivity index (χ2n) is 6.55. The Hall–Kier alpha value is -1.35. The number of hydrogen-bond acceptors (Lipinski definition) is 1. The van der Waals surface area contributed by atoms with E-state index in [4.69, 9.17) is 0 Å². The monoisotopic (exact) mass is 273 g/mol. The molecule has 1 N–H and O–H groups in total. The molecule has 0 saturated carbocycles. The lowest BCUT2D eigenvalue weighted by atomic mass is 9.99. The molecule has 0 aromatic heterocycles. The van der Waals surface area contributed by atoms with Crippen molar-refractivity contribution < 1.29 is 9.69 Å². The van der Waals surface area contributed by atoms with Crippen LogP contribution in [0.5, 0.6) is 0 Å². The van der Waals surface area contributed by atoms with Crippen molar-refractivity contribution in [2.45, 2.75) is 39.2 Å². The van der Waals surface area contributed by atoms with Gasteiger partial charge in [-0.25, -0.2) is 0 Å². The van der Waals surface area contributed by atoms with E-state index in [1.165, 1.54) is 23.3 Å². The minimum atomic E-state index is 0.298. The molecule has 20 heavy (non-hydrogen) atoms. The number of nitrogens with one attached hydrogen (secondary N) is 1. The number of nitrogens with zero attached hydrogens (tertiary/aromatic N) is 1. The number of rotatable bonds is 2. The van der Waals surface area contributed by atoms with Crippen molar-refractivity contribution in [1.29, 1.82) is 0 Å². The fourth-order valence-electron chi connectivity index (χ4n) is 3.59. The Kier molecular flexibility index (Phi) is 3.79. The zero-order valence-electron chi connectivity index (χ0n) is 12.6. The van der Waals surface area contributed by atoms with Crippen LogP contribution in [0.3, 0.4) is 0 Å². The summed E-state index contributed by atoms with van der Waals surface area (Å²) in [5, 5.41) is 0. The number of para-hydroxylation sites is 1. The molecule has 0 unspecified atom stereocenters. The predicted octanol–water partition coefficient (Wildman–Crippen LogP) is 1.28. The molecule has 1 atom stereocenters. The van der Waals surface area contributed by atoms with Gasteiger partial charge in [0, 0.05) is 11.7 Å². The van der Waals surface area contributed by atoms with Gasteiger partial charge in [0.1, 0.15) is 0 Å². The summed E-state index contributed by atoms with van der Waals surface area (Å²) < 4.78 is 0. The van der Waals surface area contributed by atoms with Crippen LogP contribution >= 0.6 is 0 Å². The summed E-state index contributed by atoms with van der Waals surface area (Å²) in [7, 11) is 0. The minimum absolute atomic E-state index is 0.298. The number of likely N-dealkylation sites (tertiary alicyclic amines) is 1. The van der Waals surface area contributed by atoms with E-state index in [0.29, 0.717) is 18.5 Å². The number of carbonyl (C=O) groups excluding carboxylic acids is 1. The number of carbonyl (C=O) groups is 1. The van der Waals surface area contributed by atoms with Gasteiger partial charge in [-0.1, -0.05) is 25.1 Å². The molecule has 1 aromatic rings. The lowest BCUT2D eigenvalue weighted by Crippen LogP contribution is -3.14. The molecular weight excluding hydrogens is 248 g/mol. The number of benzene rings is 1. The average molecular weight is 273 g/mol. The van der Waals surface area contributed by atoms with Gasteiger partial charge in [-0.3, -0.25) is 4.79 Å². The molecule has 2 aliphatic rings. The Morgan fingerprint density at radius 1 is 1.25 bits per heavy atom. The van der Waals surface area contributed by atoms with Crippen molar-refractivity contribution in [3.8, 4) is 0 Å². The number of amides is 1. The molecule has 3 nitrogen and oxygen atoms in total. The van der Waals surface area contributed by atoms with Gasteiger partial charge < -0.3 is 9.80 Å². The van der Waals surface area contributed by atoms with Gasteiger partial charge in [0.2, 0.25) is 0 Å². The summed E-state index contributed by atoms with van der Waals surface area (Å²) in [5.74, 6) is 1.13. The molecule has 0 bridgehead atoms. The summed E-state index contributed by atoms with van der Waals surface area (Å²) >= 11 is 0. The molecule has 1 amide bonds. The van der Waals surface area contributed by atoms with Crippen molar-refractivity contribution in [3.05, 3.63) is 29.8 Å². The molecule has 2 heterocycles. The Balaban J connectivity index is 1.68. The first-order valence-corrected chi connectivity index (χ1v) is 7.88. The van der Waals surface area contributed by atoms with Crippen LogP contribution in [0.2, 0.25) is 0 Å². The molecule has 0 radical (unpaired) electrons. The maximum atomic E-state index is 12.7. The predicted molar refractivity (Wildman–Crippen MR) is 81.1 cm³/mol. The summed E-state index contributed by atoms with van der Waals surface area (Å²) in [6.45, 7) is 7.43. The maximum absolute atomic E-state index is 12.7. The zero-order valence-corrected chi connectivity index (χ0v) is 12.6. The number of quaternary nitrogens is 1. The van der Waals surface area contributed by atoms with Crippen molar-refractivity contribution in [1.82, 2.24) is 0 Å². The first-order chi connectivity index (χ1) is 9.65. The van der Waals surface area contributed by atoms with Crippen LogP contribution in [0.4, 0.5) is 5.69 Å². The Bertz CT molecular complexity index is 492. The van der Waals surface area contributed by atoms with Gasteiger partial charge in [-0.15, -0.1) is 0 Å². The number of hydrogen-bond donors (Lipinski definition) is 1. The van der Waals surface area contributed by atoms with Crippen LogP contribution in [0, 0.1) is 5.92 Å². The van der Waals surface area contributed by atoms with Crippen molar-refractivity contribution in [2.24, 2.45) is 5.92 Å². The second-order valence-corrected chi connectivity index (χ2v) is 6.55. The first-order valence-electron chi connectivity index (χ1n) is 7.88. The minimum Gasteiger partial charge on any atom is -0.327 e. The van der Waals surface area contributed by atoms with E-state index in [1.807, 2.05) is 11.0 Å². The molecule has 3 rings (SSSR count). The van der Waals surface area contributed by atoms with Crippen LogP contribution < -0.4 is 9.80 Å². The Labute approximate surface area is 121 Å². The third kappa shape index (κ3) is 2.59. The van der Waals surface area contributed by atoms with Crippen molar-refractivity contribution in [2.75, 3.05) is 24.5 Å². The third-order valence-electron chi connectivity index (χ3n) is 4.86. The molecule has 3 heteroatoms. The second kappa shape index (κ2) is 5.57. The lowest BCUT2D eigenvalue weighted by molar-refractivity contribution is -0.898. The van der Waals surface area contributed by atoms with Crippen molar-refractivity contribution >= 4 is 11.6 Å². The topological polar surface area (TPSA) is 24.8 Å². The highest BCUT2D eigenvalue weighted by atomic mass is 16.2. The Morgan fingerprint density at radius 2 is 1.95 bits per heavy atom. The van der Waals surface area contributed by atoms with Crippen LogP contribution in [-0.2, 0) is 11.2 Å². The average Bonchev–Trinajstić information content (AvgIpc) is 2.77. The summed E-state index contributed by atoms with van der Waals surface area (Å²) in [5.41, 5.74) is 2.45. The van der Waals surface area contributed by atoms with Crippen LogP contribution in [0.1, 0.15) is 32.3 Å². The van der Waals surface area contributed by atoms with Crippen LogP contribution in [0.15, 0.2) is 24.3 Å². The normalized spacial score (nSPS) is 29.3. The van der Waals surface area contributed by atoms with E-state index in [2.05, 4.69) is 32.0 Å². The van der Waals surface area contributed by atoms with Gasteiger partial charge in [-0.2, -0.15) is 0 Å². The van der Waals surface area contributed by atoms with Gasteiger partial charge >= 0.3 is 0 Å². The van der Waals surface area contributed by atoms with Crippen molar-refractivity contribution in [3.63, 3.8) is 0 Å². The van der Waals surface area contributed by atoms with E-state index in [-0.39, 0.29) is 0 Å². The molecule has 2 aliphatic heterocycles. The Morgan fingerprint density at radius 3 is 2.70 bits per heavy atom. The third-order valence-corrected chi connectivity index (χ3v) is 4.86. The van der Waals surface area contributed by atoms with Gasteiger partial charge in [-0.05, 0) is 43.7 Å². The highest BCUT2D eigenvalue weighted by molar-refractivity contribution is 5.96. The van der Waals surface area contributed by atoms with E-state index >= 15 is 0 Å². The van der Waals surface area contributed by atoms with Gasteiger partial charge in [0.15, 0.2) is 6.54 Å². The molecule has 1 aromatic carbocycles. The highest BCUT2D eigenvalue weighted by Crippen LogP contribution is 2.31. The van der Waals surface area contributed by atoms with E-state index in [1.54, 1.807) is 0 Å². The summed E-state index contributed by atoms with van der Waals surface area (Å²) in [6, 6.07) is 8.64. The molecule has 108 valence electrons. The van der Waals surface area contributed by atoms with E-state index < -0.39 is 0 Å². The lowest BCUT2D eigenvalue weighted by Gasteiger charge is -2.29. The maximum Gasteiger partial charge on any atom is 0.282 e. The molecular formula is C17H25N2O+. The quantitative estimate of drug-likeness (QED) is 0.862. The SMILES string of the molecule is CC1CC[NH+](CC(=O)N2c3ccccc3C[C@H]2C)CC1. The molecule has 1 saturated heterocycles. The summed E-state index contributed by atoms with van der Waals surface area (Å²) in [6.07, 6.45) is 3.51. The van der Waals surface area contributed by atoms with E-state index in [0.717, 1.165) is 31.1 Å². The van der Waals surface area contributed by atoms with Crippen LogP contribution in [-0.4, -0.2) is 31.6 Å². The number of anilines is 1. The molecule has 1 fully saturated rings. The van der Waals surface area contributed by atoms with Gasteiger partial charge in [0.25, 0.3) is 5.91 Å². The smallest absolute Gasteiger partial charge is 0.282 e. The fraction of sp³-hybridized carbons (Fsp3) is 0.588. The standard InChI is InChI=1S/C17H24N2O/c1-13-7-9-18(10-8-13)12-17(20)19-14(2)11-15-5-3-4-6-16(15)19/h3-6,13-14H,7-12H2,1-2H3/p+1/t14-/m1/s1. The molecule has 0 spiro atoms. The first kappa shape index (κ1) is 13.6. The largest absolute Gasteiger partial charge is 0.327 e. The highest BCUT2D eigenvalue weighted by Gasteiger charge is 2.33. The fourth-order valence-corrected chi connectivity index (χ4v) is 3.59. The number of fused-ring (bicyclic) bond motifs is 1. The molecule has 0 aliphatic carbocycles. The zero-order chi connectivity index (χ0) is 14.1. The summed E-state index contributed by atoms with van der Waals surface area (Å²) in [4.78, 5) is 16.2.